The van der Waals surface area contributed by atoms with Crippen molar-refractivity contribution >= 4 is 29.9 Å². The Bertz CT molecular complexity index is 374. The van der Waals surface area contributed by atoms with E-state index in [1.165, 1.54) is 0 Å². The van der Waals surface area contributed by atoms with E-state index in [-0.39, 0.29) is 24.0 Å². The fourth-order valence-corrected chi connectivity index (χ4v) is 1.63. The summed E-state index contributed by atoms with van der Waals surface area (Å²) in [7, 11) is 3.45. The summed E-state index contributed by atoms with van der Waals surface area (Å²) in [5.74, 6) is 1.74. The molecule has 0 amide bonds. The van der Waals surface area contributed by atoms with Crippen molar-refractivity contribution < 1.29 is 9.47 Å². The molecule has 0 bridgehead atoms. The smallest absolute Gasteiger partial charge is 0.191 e. The number of unbranched alkanes of at least 4 members (excludes halogenated alkanes) is 1. The first-order valence-electron chi connectivity index (χ1n) is 6.98. The number of halogens is 1. The van der Waals surface area contributed by atoms with Gasteiger partial charge in [0.05, 0.1) is 13.2 Å². The Hall–Kier alpha value is -1.02. The van der Waals surface area contributed by atoms with Crippen LogP contribution in [0.5, 0.6) is 5.75 Å². The standard InChI is InChI=1S/C15H25N3O2.HI/c1-16-15(18-11-13-19-2)17-10-6-7-12-20-14-8-4-3-5-9-14;/h3-5,8-9H,6-7,10-13H2,1-2H3,(H2,16,17,18);1H. The Balaban J connectivity index is 0.00000400. The minimum atomic E-state index is 0. The molecular formula is C15H26IN3O2. The van der Waals surface area contributed by atoms with E-state index in [1.54, 1.807) is 14.2 Å². The predicted octanol–water partition coefficient (Wildman–Crippen LogP) is 2.28. The minimum absolute atomic E-state index is 0. The number of ether oxygens (including phenoxy) is 2. The Morgan fingerprint density at radius 2 is 1.76 bits per heavy atom. The molecular weight excluding hydrogens is 381 g/mol. The summed E-state index contributed by atoms with van der Waals surface area (Å²) >= 11 is 0. The second-order valence-corrected chi connectivity index (χ2v) is 4.29. The molecule has 120 valence electrons. The Kier molecular flexibility index (Phi) is 13.3. The number of nitrogens with zero attached hydrogens (tertiary/aromatic N) is 1. The highest BCUT2D eigenvalue weighted by Gasteiger charge is 1.96. The van der Waals surface area contributed by atoms with Gasteiger partial charge in [0, 0.05) is 27.2 Å². The van der Waals surface area contributed by atoms with Crippen molar-refractivity contribution in [1.82, 2.24) is 10.6 Å². The van der Waals surface area contributed by atoms with Crippen molar-refractivity contribution in [1.29, 1.82) is 0 Å². The average Bonchev–Trinajstić information content (AvgIpc) is 2.50. The number of guanidine groups is 1. The van der Waals surface area contributed by atoms with Gasteiger partial charge in [0.1, 0.15) is 5.75 Å². The predicted molar refractivity (Wildman–Crippen MR) is 97.8 cm³/mol. The third kappa shape index (κ3) is 10.4. The van der Waals surface area contributed by atoms with Crippen molar-refractivity contribution in [2.24, 2.45) is 4.99 Å². The van der Waals surface area contributed by atoms with Gasteiger partial charge < -0.3 is 20.1 Å². The molecule has 0 aliphatic carbocycles. The third-order valence-electron chi connectivity index (χ3n) is 2.70. The van der Waals surface area contributed by atoms with Gasteiger partial charge in [-0.25, -0.2) is 0 Å². The van der Waals surface area contributed by atoms with Crippen LogP contribution in [0.4, 0.5) is 0 Å². The second kappa shape index (κ2) is 13.9. The second-order valence-electron chi connectivity index (χ2n) is 4.29. The van der Waals surface area contributed by atoms with Crippen LogP contribution in [-0.2, 0) is 4.74 Å². The molecule has 0 atom stereocenters. The molecule has 0 fully saturated rings. The van der Waals surface area contributed by atoms with Crippen molar-refractivity contribution in [3.05, 3.63) is 30.3 Å². The van der Waals surface area contributed by atoms with E-state index in [0.717, 1.165) is 44.2 Å². The van der Waals surface area contributed by atoms with Gasteiger partial charge in [0.25, 0.3) is 0 Å². The zero-order valence-electron chi connectivity index (χ0n) is 12.8. The first-order chi connectivity index (χ1) is 9.86. The molecule has 5 nitrogen and oxygen atoms in total. The van der Waals surface area contributed by atoms with E-state index in [4.69, 9.17) is 9.47 Å². The van der Waals surface area contributed by atoms with Gasteiger partial charge in [0.15, 0.2) is 5.96 Å². The van der Waals surface area contributed by atoms with Crippen molar-refractivity contribution in [2.45, 2.75) is 12.8 Å². The van der Waals surface area contributed by atoms with Crippen LogP contribution in [0, 0.1) is 0 Å². The molecule has 0 radical (unpaired) electrons. The summed E-state index contributed by atoms with van der Waals surface area (Å²) in [4.78, 5) is 4.13. The summed E-state index contributed by atoms with van der Waals surface area (Å²) in [6.45, 7) is 3.05. The molecule has 6 heteroatoms. The summed E-state index contributed by atoms with van der Waals surface area (Å²) in [5.41, 5.74) is 0. The van der Waals surface area contributed by atoms with E-state index >= 15 is 0 Å². The lowest BCUT2D eigenvalue weighted by Crippen LogP contribution is -2.39. The number of benzene rings is 1. The summed E-state index contributed by atoms with van der Waals surface area (Å²) in [6.07, 6.45) is 2.05. The summed E-state index contributed by atoms with van der Waals surface area (Å²) in [5, 5.41) is 6.42. The molecule has 1 aromatic rings. The topological polar surface area (TPSA) is 54.9 Å². The van der Waals surface area contributed by atoms with Crippen LogP contribution < -0.4 is 15.4 Å². The Labute approximate surface area is 144 Å². The van der Waals surface area contributed by atoms with Crippen molar-refractivity contribution in [3.63, 3.8) is 0 Å². The molecule has 0 heterocycles. The maximum absolute atomic E-state index is 5.63. The van der Waals surface area contributed by atoms with Crippen LogP contribution in [0.15, 0.2) is 35.3 Å². The van der Waals surface area contributed by atoms with Gasteiger partial charge in [-0.1, -0.05) is 18.2 Å². The number of aliphatic imine (C=N–C) groups is 1. The largest absolute Gasteiger partial charge is 0.494 e. The molecule has 21 heavy (non-hydrogen) atoms. The highest BCUT2D eigenvalue weighted by molar-refractivity contribution is 14.0. The van der Waals surface area contributed by atoms with Gasteiger partial charge in [-0.3, -0.25) is 4.99 Å². The maximum Gasteiger partial charge on any atom is 0.191 e. The minimum Gasteiger partial charge on any atom is -0.494 e. The molecule has 0 aromatic heterocycles. The molecule has 0 saturated heterocycles. The zero-order valence-corrected chi connectivity index (χ0v) is 15.1. The van der Waals surface area contributed by atoms with Gasteiger partial charge in [-0.2, -0.15) is 0 Å². The molecule has 1 aromatic carbocycles. The molecule has 0 unspecified atom stereocenters. The van der Waals surface area contributed by atoms with E-state index in [1.807, 2.05) is 30.3 Å². The number of nitrogens with one attached hydrogen (secondary N) is 2. The fraction of sp³-hybridized carbons (Fsp3) is 0.533. The summed E-state index contributed by atoms with van der Waals surface area (Å²) < 4.78 is 10.6. The van der Waals surface area contributed by atoms with Crippen LogP contribution in [0.1, 0.15) is 12.8 Å². The van der Waals surface area contributed by atoms with Crippen LogP contribution in [0.2, 0.25) is 0 Å². The van der Waals surface area contributed by atoms with E-state index in [2.05, 4.69) is 15.6 Å². The highest BCUT2D eigenvalue weighted by Crippen LogP contribution is 2.08. The summed E-state index contributed by atoms with van der Waals surface area (Å²) in [6, 6.07) is 9.89. The maximum atomic E-state index is 5.63. The number of para-hydroxylation sites is 1. The first kappa shape index (κ1) is 20.0. The lowest BCUT2D eigenvalue weighted by atomic mass is 10.3. The normalized spacial score (nSPS) is 10.7. The Morgan fingerprint density at radius 3 is 2.43 bits per heavy atom. The molecule has 1 rings (SSSR count). The highest BCUT2D eigenvalue weighted by atomic mass is 127. The molecule has 0 saturated carbocycles. The molecule has 0 spiro atoms. The first-order valence-corrected chi connectivity index (χ1v) is 6.98. The van der Waals surface area contributed by atoms with Gasteiger partial charge in [0.2, 0.25) is 0 Å². The van der Waals surface area contributed by atoms with E-state index < -0.39 is 0 Å². The van der Waals surface area contributed by atoms with E-state index in [9.17, 15) is 0 Å². The van der Waals surface area contributed by atoms with Crippen LogP contribution in [0.25, 0.3) is 0 Å². The number of hydrogen-bond donors (Lipinski definition) is 2. The van der Waals surface area contributed by atoms with Crippen molar-refractivity contribution in [3.8, 4) is 5.75 Å². The lowest BCUT2D eigenvalue weighted by molar-refractivity contribution is 0.203. The van der Waals surface area contributed by atoms with E-state index in [0.29, 0.717) is 6.61 Å². The van der Waals surface area contributed by atoms with Crippen LogP contribution in [0.3, 0.4) is 0 Å². The number of methoxy groups -OCH3 is 1. The van der Waals surface area contributed by atoms with Crippen LogP contribution in [-0.4, -0.2) is 46.4 Å². The number of hydrogen-bond acceptors (Lipinski definition) is 3. The Morgan fingerprint density at radius 1 is 1.05 bits per heavy atom. The fourth-order valence-electron chi connectivity index (χ4n) is 1.63. The lowest BCUT2D eigenvalue weighted by Gasteiger charge is -2.11. The SMILES string of the molecule is CN=C(NCCCCOc1ccccc1)NCCOC.I. The third-order valence-corrected chi connectivity index (χ3v) is 2.70. The quantitative estimate of drug-likeness (QED) is 0.286. The molecule has 0 aliphatic heterocycles. The zero-order chi connectivity index (χ0) is 14.5. The van der Waals surface area contributed by atoms with Gasteiger partial charge in [-0.15, -0.1) is 24.0 Å². The van der Waals surface area contributed by atoms with Crippen LogP contribution >= 0.6 is 24.0 Å². The average molecular weight is 407 g/mol. The monoisotopic (exact) mass is 407 g/mol. The molecule has 2 N–H and O–H groups in total. The van der Waals surface area contributed by atoms with Gasteiger partial charge in [-0.05, 0) is 25.0 Å². The number of rotatable bonds is 9. The van der Waals surface area contributed by atoms with Gasteiger partial charge >= 0.3 is 0 Å². The molecule has 0 aliphatic rings. The van der Waals surface area contributed by atoms with Crippen molar-refractivity contribution in [2.75, 3.05) is 40.5 Å².